The zero-order valence-corrected chi connectivity index (χ0v) is 12.0. The summed E-state index contributed by atoms with van der Waals surface area (Å²) in [5.74, 6) is -0.818. The summed E-state index contributed by atoms with van der Waals surface area (Å²) in [7, 11) is 0. The van der Waals surface area contributed by atoms with Crippen LogP contribution in [0.1, 0.15) is 5.56 Å². The molecule has 0 saturated carbocycles. The second-order valence-electron chi connectivity index (χ2n) is 4.49. The highest BCUT2D eigenvalue weighted by molar-refractivity contribution is 7.19. The summed E-state index contributed by atoms with van der Waals surface area (Å²) in [5, 5.41) is 11.0. The van der Waals surface area contributed by atoms with E-state index in [0.717, 1.165) is 31.1 Å². The van der Waals surface area contributed by atoms with Crippen LogP contribution in [0, 0.1) is 0 Å². The molecule has 100 valence electrons. The molecule has 0 fully saturated rings. The minimum Gasteiger partial charge on any atom is -0.481 e. The van der Waals surface area contributed by atoms with Crippen LogP contribution in [0.2, 0.25) is 4.34 Å². The molecule has 3 aromatic rings. The molecule has 1 aromatic heterocycles. The summed E-state index contributed by atoms with van der Waals surface area (Å²) in [6.07, 6.45) is 0.0337. The van der Waals surface area contributed by atoms with Gasteiger partial charge in [-0.3, -0.25) is 4.79 Å². The number of hydrogen-bond donors (Lipinski definition) is 1. The first-order valence-electron chi connectivity index (χ1n) is 6.13. The number of carboxylic acids is 1. The van der Waals surface area contributed by atoms with Crippen molar-refractivity contribution in [1.29, 1.82) is 0 Å². The molecule has 4 heteroatoms. The Hall–Kier alpha value is -1.84. The minimum absolute atomic E-state index is 0.0337. The molecular formula is C16H11ClO2S. The lowest BCUT2D eigenvalue weighted by Crippen LogP contribution is -2.00. The number of carbonyl (C=O) groups is 1. The van der Waals surface area contributed by atoms with E-state index >= 15 is 0 Å². The first kappa shape index (κ1) is 13.2. The van der Waals surface area contributed by atoms with Crippen molar-refractivity contribution < 1.29 is 9.90 Å². The highest BCUT2D eigenvalue weighted by Crippen LogP contribution is 2.36. The number of benzene rings is 2. The van der Waals surface area contributed by atoms with E-state index in [1.54, 1.807) is 0 Å². The van der Waals surface area contributed by atoms with Crippen molar-refractivity contribution in [1.82, 2.24) is 0 Å². The van der Waals surface area contributed by atoms with Crippen molar-refractivity contribution >= 4 is 39.7 Å². The van der Waals surface area contributed by atoms with E-state index in [1.165, 1.54) is 11.3 Å². The van der Waals surface area contributed by atoms with Gasteiger partial charge in [0.15, 0.2) is 0 Å². The predicted octanol–water partition coefficient (Wildman–Crippen LogP) is 4.85. The SMILES string of the molecule is O=C(O)Cc1ccc(-c2ccc(Cl)s2)c2ccccc12. The smallest absolute Gasteiger partial charge is 0.307 e. The molecule has 0 saturated heterocycles. The van der Waals surface area contributed by atoms with Crippen molar-refractivity contribution in [3.8, 4) is 10.4 Å². The van der Waals surface area contributed by atoms with Crippen LogP contribution in [0.15, 0.2) is 48.5 Å². The van der Waals surface area contributed by atoms with Crippen molar-refractivity contribution in [3.63, 3.8) is 0 Å². The molecule has 0 amide bonds. The average molecular weight is 303 g/mol. The largest absolute Gasteiger partial charge is 0.481 e. The van der Waals surface area contributed by atoms with Gasteiger partial charge in [0, 0.05) is 4.88 Å². The number of fused-ring (bicyclic) bond motifs is 1. The topological polar surface area (TPSA) is 37.3 Å². The van der Waals surface area contributed by atoms with E-state index in [-0.39, 0.29) is 6.42 Å². The van der Waals surface area contributed by atoms with Gasteiger partial charge in [-0.05, 0) is 34.0 Å². The summed E-state index contributed by atoms with van der Waals surface area (Å²) in [6, 6.07) is 15.6. The van der Waals surface area contributed by atoms with Crippen LogP contribution in [0.25, 0.3) is 21.2 Å². The minimum atomic E-state index is -0.818. The Morgan fingerprint density at radius 2 is 1.80 bits per heavy atom. The van der Waals surface area contributed by atoms with E-state index in [4.69, 9.17) is 16.7 Å². The van der Waals surface area contributed by atoms with Gasteiger partial charge >= 0.3 is 5.97 Å². The van der Waals surface area contributed by atoms with Crippen molar-refractivity contribution in [3.05, 3.63) is 58.4 Å². The molecule has 0 atom stereocenters. The van der Waals surface area contributed by atoms with E-state index in [2.05, 4.69) is 0 Å². The predicted molar refractivity (Wildman–Crippen MR) is 83.6 cm³/mol. The molecule has 0 aliphatic carbocycles. The molecule has 0 aliphatic rings. The van der Waals surface area contributed by atoms with Crippen LogP contribution in [0.5, 0.6) is 0 Å². The summed E-state index contributed by atoms with van der Waals surface area (Å²) >= 11 is 7.53. The number of hydrogen-bond acceptors (Lipinski definition) is 2. The van der Waals surface area contributed by atoms with Gasteiger partial charge in [-0.25, -0.2) is 0 Å². The molecule has 0 spiro atoms. The quantitative estimate of drug-likeness (QED) is 0.751. The molecule has 0 aliphatic heterocycles. The number of halogens is 1. The fraction of sp³-hybridized carbons (Fsp3) is 0.0625. The molecule has 2 nitrogen and oxygen atoms in total. The average Bonchev–Trinajstić information content (AvgIpc) is 2.85. The second-order valence-corrected chi connectivity index (χ2v) is 6.21. The molecule has 0 bridgehead atoms. The highest BCUT2D eigenvalue weighted by Gasteiger charge is 2.11. The van der Waals surface area contributed by atoms with Crippen LogP contribution < -0.4 is 0 Å². The summed E-state index contributed by atoms with van der Waals surface area (Å²) in [5.41, 5.74) is 1.92. The lowest BCUT2D eigenvalue weighted by atomic mass is 9.97. The summed E-state index contributed by atoms with van der Waals surface area (Å²) in [4.78, 5) is 12.0. The van der Waals surface area contributed by atoms with Crippen LogP contribution in [-0.2, 0) is 11.2 Å². The Labute approximate surface area is 125 Å². The fourth-order valence-corrected chi connectivity index (χ4v) is 3.44. The van der Waals surface area contributed by atoms with Crippen LogP contribution >= 0.6 is 22.9 Å². The third-order valence-electron chi connectivity index (χ3n) is 3.19. The number of carboxylic acid groups (broad SMARTS) is 1. The van der Waals surface area contributed by atoms with Gasteiger partial charge in [-0.15, -0.1) is 11.3 Å². The van der Waals surface area contributed by atoms with Crippen LogP contribution in [0.4, 0.5) is 0 Å². The van der Waals surface area contributed by atoms with Gasteiger partial charge in [0.05, 0.1) is 10.8 Å². The Morgan fingerprint density at radius 3 is 2.45 bits per heavy atom. The maximum absolute atomic E-state index is 11.0. The molecule has 1 N–H and O–H groups in total. The van der Waals surface area contributed by atoms with Gasteiger partial charge in [-0.2, -0.15) is 0 Å². The van der Waals surface area contributed by atoms with Gasteiger partial charge in [0.1, 0.15) is 0 Å². The first-order valence-corrected chi connectivity index (χ1v) is 7.33. The Kier molecular flexibility index (Phi) is 3.47. The molecule has 20 heavy (non-hydrogen) atoms. The maximum Gasteiger partial charge on any atom is 0.307 e. The molecule has 0 unspecified atom stereocenters. The van der Waals surface area contributed by atoms with Crippen LogP contribution in [-0.4, -0.2) is 11.1 Å². The number of rotatable bonds is 3. The second kappa shape index (κ2) is 5.27. The zero-order valence-electron chi connectivity index (χ0n) is 10.5. The van der Waals surface area contributed by atoms with Gasteiger partial charge in [0.2, 0.25) is 0 Å². The van der Waals surface area contributed by atoms with Crippen LogP contribution in [0.3, 0.4) is 0 Å². The monoisotopic (exact) mass is 302 g/mol. The molecule has 0 radical (unpaired) electrons. The lowest BCUT2D eigenvalue weighted by molar-refractivity contribution is -0.136. The number of thiophene rings is 1. The van der Waals surface area contributed by atoms with Crippen molar-refractivity contribution in [2.75, 3.05) is 0 Å². The van der Waals surface area contributed by atoms with E-state index in [0.29, 0.717) is 0 Å². The standard InChI is InChI=1S/C16H11ClO2S/c17-15-8-7-14(20-15)13-6-5-10(9-16(18)19)11-3-1-2-4-12(11)13/h1-8H,9H2,(H,18,19). The third-order valence-corrected chi connectivity index (χ3v) is 4.46. The van der Waals surface area contributed by atoms with E-state index in [1.807, 2.05) is 48.5 Å². The Bertz CT molecular complexity index is 792. The van der Waals surface area contributed by atoms with Crippen molar-refractivity contribution in [2.24, 2.45) is 0 Å². The highest BCUT2D eigenvalue weighted by atomic mass is 35.5. The molecular weight excluding hydrogens is 292 g/mol. The first-order chi connectivity index (χ1) is 9.65. The third kappa shape index (κ3) is 2.42. The molecule has 3 rings (SSSR count). The summed E-state index contributed by atoms with van der Waals surface area (Å²) in [6.45, 7) is 0. The maximum atomic E-state index is 11.0. The lowest BCUT2D eigenvalue weighted by Gasteiger charge is -2.09. The van der Waals surface area contributed by atoms with Crippen molar-refractivity contribution in [2.45, 2.75) is 6.42 Å². The van der Waals surface area contributed by atoms with Gasteiger partial charge in [0.25, 0.3) is 0 Å². The Morgan fingerprint density at radius 1 is 1.05 bits per heavy atom. The fourth-order valence-electron chi connectivity index (χ4n) is 2.35. The van der Waals surface area contributed by atoms with E-state index < -0.39 is 5.97 Å². The Balaban J connectivity index is 2.23. The molecule has 1 heterocycles. The number of aliphatic carboxylic acids is 1. The molecule has 2 aromatic carbocycles. The van der Waals surface area contributed by atoms with Gasteiger partial charge < -0.3 is 5.11 Å². The van der Waals surface area contributed by atoms with Gasteiger partial charge in [-0.1, -0.05) is 48.0 Å². The summed E-state index contributed by atoms with van der Waals surface area (Å²) < 4.78 is 0.749. The van der Waals surface area contributed by atoms with E-state index in [9.17, 15) is 4.79 Å². The normalized spacial score (nSPS) is 10.8. The zero-order chi connectivity index (χ0) is 14.1.